The molecule has 5 heteroatoms. The maximum Gasteiger partial charge on any atom is 0.239 e. The number of nitrogens with one attached hydrogen (secondary N) is 2. The molecule has 1 atom stereocenters. The zero-order chi connectivity index (χ0) is 18.1. The summed E-state index contributed by atoms with van der Waals surface area (Å²) in [5.41, 5.74) is 2.61. The normalized spacial score (nSPS) is 11.6. The third-order valence-corrected chi connectivity index (χ3v) is 3.90. The molecule has 0 heterocycles. The summed E-state index contributed by atoms with van der Waals surface area (Å²) in [6.45, 7) is 4.72. The molecule has 0 aliphatic heterocycles. The predicted molar refractivity (Wildman–Crippen MR) is 99.6 cm³/mol. The fourth-order valence-electron chi connectivity index (χ4n) is 2.66. The van der Waals surface area contributed by atoms with Crippen LogP contribution in [0.15, 0.2) is 48.5 Å². The number of benzene rings is 2. The molecule has 2 aromatic rings. The van der Waals surface area contributed by atoms with E-state index >= 15 is 0 Å². The maximum absolute atomic E-state index is 12.3. The van der Waals surface area contributed by atoms with Crippen molar-refractivity contribution in [3.8, 4) is 5.75 Å². The van der Waals surface area contributed by atoms with E-state index in [0.717, 1.165) is 29.0 Å². The lowest BCUT2D eigenvalue weighted by atomic mass is 10.0. The number of anilines is 1. The van der Waals surface area contributed by atoms with Gasteiger partial charge in [-0.15, -0.1) is 0 Å². The Morgan fingerprint density at radius 3 is 2.68 bits per heavy atom. The monoisotopic (exact) mass is 342 g/mol. The quantitative estimate of drug-likeness (QED) is 0.654. The van der Waals surface area contributed by atoms with Crippen LogP contribution < -0.4 is 15.4 Å². The fourth-order valence-corrected chi connectivity index (χ4v) is 2.66. The topological polar surface area (TPSA) is 70.6 Å². The highest BCUT2D eigenvalue weighted by molar-refractivity contribution is 5.81. The van der Waals surface area contributed by atoms with E-state index in [2.05, 4.69) is 10.6 Å². The van der Waals surface area contributed by atoms with E-state index in [9.17, 15) is 4.79 Å². The van der Waals surface area contributed by atoms with Gasteiger partial charge in [-0.05, 0) is 37.1 Å². The zero-order valence-electron chi connectivity index (χ0n) is 14.8. The Hall–Kier alpha value is -2.53. The summed E-state index contributed by atoms with van der Waals surface area (Å²) in [6.07, 6.45) is 0.774. The number of para-hydroxylation sites is 1. The number of carbonyl (C=O) groups is 1. The van der Waals surface area contributed by atoms with Gasteiger partial charge in [-0.3, -0.25) is 4.79 Å². The number of hydrogen-bond donors (Lipinski definition) is 3. The third kappa shape index (κ3) is 5.50. The van der Waals surface area contributed by atoms with E-state index < -0.39 is 0 Å². The standard InChI is InChI=1S/C20H26N2O3/c1-3-18(17-10-5-6-11-19(17)25-4-2)22-20(24)13-21-16-9-7-8-15(12-16)14-23/h5-12,18,21,23H,3-4,13-14H2,1-2H3,(H,22,24). The second-order valence-corrected chi connectivity index (χ2v) is 5.71. The summed E-state index contributed by atoms with van der Waals surface area (Å²) in [5, 5.41) is 15.3. The highest BCUT2D eigenvalue weighted by Gasteiger charge is 2.16. The van der Waals surface area contributed by atoms with Gasteiger partial charge in [0.1, 0.15) is 5.75 Å². The van der Waals surface area contributed by atoms with Crippen molar-refractivity contribution in [2.45, 2.75) is 32.9 Å². The van der Waals surface area contributed by atoms with Crippen LogP contribution in [0.2, 0.25) is 0 Å². The van der Waals surface area contributed by atoms with Gasteiger partial charge < -0.3 is 20.5 Å². The Kier molecular flexibility index (Phi) is 7.29. The van der Waals surface area contributed by atoms with E-state index in [-0.39, 0.29) is 25.1 Å². The summed E-state index contributed by atoms with van der Waals surface area (Å²) < 4.78 is 5.67. The molecule has 0 aliphatic rings. The van der Waals surface area contributed by atoms with Crippen molar-refractivity contribution in [1.82, 2.24) is 5.32 Å². The molecule has 5 nitrogen and oxygen atoms in total. The minimum atomic E-state index is -0.0965. The highest BCUT2D eigenvalue weighted by atomic mass is 16.5. The molecule has 2 aromatic carbocycles. The van der Waals surface area contributed by atoms with Gasteiger partial charge in [0.05, 0.1) is 25.8 Å². The van der Waals surface area contributed by atoms with E-state index in [1.165, 1.54) is 0 Å². The van der Waals surface area contributed by atoms with Crippen molar-refractivity contribution in [3.63, 3.8) is 0 Å². The molecule has 0 radical (unpaired) electrons. The van der Waals surface area contributed by atoms with Crippen molar-refractivity contribution < 1.29 is 14.6 Å². The van der Waals surface area contributed by atoms with Gasteiger partial charge in [0.15, 0.2) is 0 Å². The summed E-state index contributed by atoms with van der Waals surface area (Å²) >= 11 is 0. The molecule has 1 unspecified atom stereocenters. The van der Waals surface area contributed by atoms with Gasteiger partial charge in [0.25, 0.3) is 0 Å². The average molecular weight is 342 g/mol. The lowest BCUT2D eigenvalue weighted by Gasteiger charge is -2.20. The Morgan fingerprint density at radius 1 is 1.16 bits per heavy atom. The van der Waals surface area contributed by atoms with E-state index in [4.69, 9.17) is 9.84 Å². The van der Waals surface area contributed by atoms with Crippen LogP contribution in [0.3, 0.4) is 0 Å². The molecular weight excluding hydrogens is 316 g/mol. The van der Waals surface area contributed by atoms with Crippen molar-refractivity contribution in [3.05, 3.63) is 59.7 Å². The molecule has 25 heavy (non-hydrogen) atoms. The van der Waals surface area contributed by atoms with E-state index in [1.54, 1.807) is 0 Å². The molecule has 0 aromatic heterocycles. The fraction of sp³-hybridized carbons (Fsp3) is 0.350. The molecule has 0 aliphatic carbocycles. The first kappa shape index (κ1) is 18.8. The molecule has 2 rings (SSSR count). The third-order valence-electron chi connectivity index (χ3n) is 3.90. The van der Waals surface area contributed by atoms with Gasteiger partial charge >= 0.3 is 0 Å². The van der Waals surface area contributed by atoms with Gasteiger partial charge in [-0.2, -0.15) is 0 Å². The van der Waals surface area contributed by atoms with E-state index in [0.29, 0.717) is 6.61 Å². The largest absolute Gasteiger partial charge is 0.494 e. The molecule has 0 bridgehead atoms. The second kappa shape index (κ2) is 9.69. The lowest BCUT2D eigenvalue weighted by Crippen LogP contribution is -2.33. The van der Waals surface area contributed by atoms with Gasteiger partial charge in [0, 0.05) is 11.3 Å². The summed E-state index contributed by atoms with van der Waals surface area (Å²) in [5.74, 6) is 0.716. The maximum atomic E-state index is 12.3. The van der Waals surface area contributed by atoms with Gasteiger partial charge in [-0.1, -0.05) is 37.3 Å². The predicted octanol–water partition coefficient (Wildman–Crippen LogP) is 3.26. The second-order valence-electron chi connectivity index (χ2n) is 5.71. The van der Waals surface area contributed by atoms with Crippen LogP contribution in [0.25, 0.3) is 0 Å². The Bertz CT molecular complexity index is 688. The van der Waals surface area contributed by atoms with Crippen LogP contribution in [0.5, 0.6) is 5.75 Å². The first-order chi connectivity index (χ1) is 12.2. The number of amides is 1. The number of rotatable bonds is 9. The minimum absolute atomic E-state index is 0.0200. The summed E-state index contributed by atoms with van der Waals surface area (Å²) in [6, 6.07) is 15.1. The number of hydrogen-bond acceptors (Lipinski definition) is 4. The molecule has 1 amide bonds. The molecule has 0 spiro atoms. The molecule has 134 valence electrons. The number of ether oxygens (including phenoxy) is 1. The Morgan fingerprint density at radius 2 is 1.96 bits per heavy atom. The van der Waals surface area contributed by atoms with Crippen LogP contribution in [0.1, 0.15) is 37.4 Å². The summed E-state index contributed by atoms with van der Waals surface area (Å²) in [7, 11) is 0. The molecule has 0 saturated carbocycles. The molecular formula is C20H26N2O3. The van der Waals surface area contributed by atoms with Crippen LogP contribution in [-0.2, 0) is 11.4 Å². The summed E-state index contributed by atoms with van der Waals surface area (Å²) in [4.78, 5) is 12.3. The lowest BCUT2D eigenvalue weighted by molar-refractivity contribution is -0.120. The highest BCUT2D eigenvalue weighted by Crippen LogP contribution is 2.27. The van der Waals surface area contributed by atoms with Gasteiger partial charge in [-0.25, -0.2) is 0 Å². The smallest absolute Gasteiger partial charge is 0.239 e. The number of aliphatic hydroxyl groups is 1. The van der Waals surface area contributed by atoms with Crippen LogP contribution in [0, 0.1) is 0 Å². The molecule has 3 N–H and O–H groups in total. The van der Waals surface area contributed by atoms with Crippen molar-refractivity contribution in [2.75, 3.05) is 18.5 Å². The first-order valence-electron chi connectivity index (χ1n) is 8.62. The SMILES string of the molecule is CCOc1ccccc1C(CC)NC(=O)CNc1cccc(CO)c1. The molecule has 0 fully saturated rings. The van der Waals surface area contributed by atoms with E-state index in [1.807, 2.05) is 62.4 Å². The van der Waals surface area contributed by atoms with Crippen molar-refractivity contribution in [1.29, 1.82) is 0 Å². The number of aliphatic hydroxyl groups excluding tert-OH is 1. The van der Waals surface area contributed by atoms with Crippen LogP contribution in [-0.4, -0.2) is 24.2 Å². The Labute approximate surface area is 149 Å². The van der Waals surface area contributed by atoms with Crippen LogP contribution in [0.4, 0.5) is 5.69 Å². The van der Waals surface area contributed by atoms with Crippen molar-refractivity contribution >= 4 is 11.6 Å². The number of carbonyl (C=O) groups excluding carboxylic acids is 1. The first-order valence-corrected chi connectivity index (χ1v) is 8.62. The average Bonchev–Trinajstić information content (AvgIpc) is 2.65. The van der Waals surface area contributed by atoms with Crippen LogP contribution >= 0.6 is 0 Å². The zero-order valence-corrected chi connectivity index (χ0v) is 14.8. The van der Waals surface area contributed by atoms with Crippen molar-refractivity contribution in [2.24, 2.45) is 0 Å². The minimum Gasteiger partial charge on any atom is -0.494 e. The van der Waals surface area contributed by atoms with Gasteiger partial charge in [0.2, 0.25) is 5.91 Å². The Balaban J connectivity index is 1.98. The molecule has 0 saturated heterocycles.